The zero-order valence-corrected chi connectivity index (χ0v) is 13.7. The molecule has 7 nitrogen and oxygen atoms in total. The third kappa shape index (κ3) is 7.86. The minimum absolute atomic E-state index is 0.0143. The lowest BCUT2D eigenvalue weighted by molar-refractivity contribution is -0.140. The SMILES string of the molecule is O=C(O)CCCCC[C@H](NC(=O)Nc1ccc(C(F)(F)F)cc1)C(=O)O. The van der Waals surface area contributed by atoms with Crippen LogP contribution >= 0.6 is 0 Å². The third-order valence-electron chi connectivity index (χ3n) is 3.46. The first-order valence-corrected chi connectivity index (χ1v) is 7.79. The molecule has 0 aliphatic rings. The number of hydrogen-bond acceptors (Lipinski definition) is 3. The van der Waals surface area contributed by atoms with Gasteiger partial charge in [0.15, 0.2) is 0 Å². The highest BCUT2D eigenvalue weighted by Crippen LogP contribution is 2.29. The normalized spacial score (nSPS) is 12.3. The number of carboxylic acid groups (broad SMARTS) is 2. The van der Waals surface area contributed by atoms with Crippen LogP contribution < -0.4 is 10.6 Å². The molecular weight excluding hydrogens is 357 g/mol. The van der Waals surface area contributed by atoms with Crippen molar-refractivity contribution in [2.24, 2.45) is 0 Å². The second kappa shape index (κ2) is 9.64. The lowest BCUT2D eigenvalue weighted by Gasteiger charge is -2.15. The van der Waals surface area contributed by atoms with Crippen molar-refractivity contribution in [1.29, 1.82) is 0 Å². The van der Waals surface area contributed by atoms with Crippen LogP contribution in [-0.2, 0) is 15.8 Å². The zero-order valence-electron chi connectivity index (χ0n) is 13.7. The minimum atomic E-state index is -4.49. The van der Waals surface area contributed by atoms with E-state index in [0.717, 1.165) is 24.3 Å². The molecule has 1 rings (SSSR count). The van der Waals surface area contributed by atoms with Crippen LogP contribution in [0.15, 0.2) is 24.3 Å². The number of carbonyl (C=O) groups is 3. The van der Waals surface area contributed by atoms with Crippen LogP contribution in [-0.4, -0.2) is 34.2 Å². The van der Waals surface area contributed by atoms with E-state index in [1.807, 2.05) is 0 Å². The maximum absolute atomic E-state index is 12.5. The average Bonchev–Trinajstić information content (AvgIpc) is 2.52. The van der Waals surface area contributed by atoms with E-state index in [-0.39, 0.29) is 18.5 Å². The van der Waals surface area contributed by atoms with Gasteiger partial charge in [-0.1, -0.05) is 12.8 Å². The van der Waals surface area contributed by atoms with Crippen molar-refractivity contribution in [2.75, 3.05) is 5.32 Å². The molecule has 26 heavy (non-hydrogen) atoms. The first-order chi connectivity index (χ1) is 12.1. The van der Waals surface area contributed by atoms with Gasteiger partial charge in [-0.15, -0.1) is 0 Å². The molecule has 4 N–H and O–H groups in total. The average molecular weight is 376 g/mol. The van der Waals surface area contributed by atoms with Gasteiger partial charge in [0.2, 0.25) is 0 Å². The minimum Gasteiger partial charge on any atom is -0.481 e. The quantitative estimate of drug-likeness (QED) is 0.494. The van der Waals surface area contributed by atoms with E-state index in [1.165, 1.54) is 0 Å². The van der Waals surface area contributed by atoms with Crippen LogP contribution in [0.25, 0.3) is 0 Å². The summed E-state index contributed by atoms with van der Waals surface area (Å²) in [5.74, 6) is -2.19. The fourth-order valence-corrected chi connectivity index (χ4v) is 2.13. The molecule has 0 aromatic heterocycles. The Morgan fingerprint density at radius 1 is 1.00 bits per heavy atom. The van der Waals surface area contributed by atoms with Gasteiger partial charge in [0.1, 0.15) is 6.04 Å². The van der Waals surface area contributed by atoms with E-state index in [0.29, 0.717) is 19.3 Å². The van der Waals surface area contributed by atoms with Crippen LogP contribution in [0.1, 0.15) is 37.7 Å². The number of rotatable bonds is 9. The maximum Gasteiger partial charge on any atom is 0.416 e. The van der Waals surface area contributed by atoms with E-state index in [4.69, 9.17) is 10.2 Å². The topological polar surface area (TPSA) is 116 Å². The Hall–Kier alpha value is -2.78. The Labute approximate surface area is 147 Å². The van der Waals surface area contributed by atoms with Crippen molar-refractivity contribution < 1.29 is 37.8 Å². The highest BCUT2D eigenvalue weighted by atomic mass is 19.4. The molecule has 144 valence electrons. The van der Waals surface area contributed by atoms with Gasteiger partial charge in [0.05, 0.1) is 5.56 Å². The number of anilines is 1. The van der Waals surface area contributed by atoms with E-state index >= 15 is 0 Å². The fourth-order valence-electron chi connectivity index (χ4n) is 2.13. The number of alkyl halides is 3. The number of amides is 2. The summed E-state index contributed by atoms with van der Waals surface area (Å²) in [6.45, 7) is 0. The Bertz CT molecular complexity index is 632. The van der Waals surface area contributed by atoms with Crippen LogP contribution in [0.5, 0.6) is 0 Å². The molecule has 1 atom stereocenters. The predicted octanol–water partition coefficient (Wildman–Crippen LogP) is 3.32. The second-order valence-electron chi connectivity index (χ2n) is 5.56. The number of carbonyl (C=O) groups excluding carboxylic acids is 1. The predicted molar refractivity (Wildman–Crippen MR) is 85.7 cm³/mol. The molecule has 0 saturated carbocycles. The summed E-state index contributed by atoms with van der Waals surface area (Å²) in [6.07, 6.45) is -3.09. The smallest absolute Gasteiger partial charge is 0.416 e. The molecule has 1 aromatic carbocycles. The molecule has 1 aromatic rings. The fraction of sp³-hybridized carbons (Fsp3) is 0.438. The van der Waals surface area contributed by atoms with Crippen molar-refractivity contribution in [1.82, 2.24) is 5.32 Å². The second-order valence-corrected chi connectivity index (χ2v) is 5.56. The molecule has 0 heterocycles. The van der Waals surface area contributed by atoms with Gasteiger partial charge in [-0.25, -0.2) is 9.59 Å². The molecular formula is C16H19F3N2O5. The first kappa shape index (κ1) is 21.3. The number of aliphatic carboxylic acids is 2. The summed E-state index contributed by atoms with van der Waals surface area (Å²) >= 11 is 0. The van der Waals surface area contributed by atoms with Gasteiger partial charge in [0, 0.05) is 12.1 Å². The van der Waals surface area contributed by atoms with Crippen LogP contribution in [0.3, 0.4) is 0 Å². The number of halogens is 3. The number of hydrogen-bond donors (Lipinski definition) is 4. The summed E-state index contributed by atoms with van der Waals surface area (Å²) in [5.41, 5.74) is -0.783. The zero-order chi connectivity index (χ0) is 19.7. The summed E-state index contributed by atoms with van der Waals surface area (Å²) < 4.78 is 37.4. The summed E-state index contributed by atoms with van der Waals surface area (Å²) in [5, 5.41) is 22.1. The van der Waals surface area contributed by atoms with Crippen molar-refractivity contribution in [3.63, 3.8) is 0 Å². The Kier molecular flexibility index (Phi) is 7.88. The molecule has 10 heteroatoms. The lowest BCUT2D eigenvalue weighted by atomic mass is 10.1. The standard InChI is InChI=1S/C16H19F3N2O5/c17-16(18,19)10-6-8-11(9-7-10)20-15(26)21-12(14(24)25)4-2-1-3-5-13(22)23/h6-9,12H,1-5H2,(H,22,23)(H,24,25)(H2,20,21,26)/t12-/m0/s1. The number of nitrogens with one attached hydrogen (secondary N) is 2. The number of urea groups is 1. The maximum atomic E-state index is 12.5. The summed E-state index contributed by atoms with van der Waals surface area (Å²) in [4.78, 5) is 33.3. The number of unbranched alkanes of at least 4 members (excludes halogenated alkanes) is 2. The van der Waals surface area contributed by atoms with Gasteiger partial charge in [-0.05, 0) is 37.1 Å². The van der Waals surface area contributed by atoms with Crippen LogP contribution in [0.4, 0.5) is 23.7 Å². The summed E-state index contributed by atoms with van der Waals surface area (Å²) in [7, 11) is 0. The highest BCUT2D eigenvalue weighted by molar-refractivity contribution is 5.92. The molecule has 2 amide bonds. The third-order valence-corrected chi connectivity index (χ3v) is 3.46. The van der Waals surface area contributed by atoms with E-state index in [1.54, 1.807) is 0 Å². The van der Waals surface area contributed by atoms with E-state index in [9.17, 15) is 27.6 Å². The molecule has 0 radical (unpaired) electrons. The molecule has 0 bridgehead atoms. The molecule has 0 aliphatic carbocycles. The van der Waals surface area contributed by atoms with Crippen molar-refractivity contribution in [3.05, 3.63) is 29.8 Å². The largest absolute Gasteiger partial charge is 0.481 e. The summed E-state index contributed by atoms with van der Waals surface area (Å²) in [6, 6.07) is 1.67. The van der Waals surface area contributed by atoms with E-state index in [2.05, 4.69) is 10.6 Å². The van der Waals surface area contributed by atoms with Crippen molar-refractivity contribution in [2.45, 2.75) is 44.3 Å². The van der Waals surface area contributed by atoms with Crippen molar-refractivity contribution >= 4 is 23.7 Å². The van der Waals surface area contributed by atoms with Crippen molar-refractivity contribution in [3.8, 4) is 0 Å². The Morgan fingerprint density at radius 2 is 1.62 bits per heavy atom. The number of benzene rings is 1. The molecule has 0 unspecified atom stereocenters. The van der Waals surface area contributed by atoms with Gasteiger partial charge in [-0.3, -0.25) is 4.79 Å². The van der Waals surface area contributed by atoms with Gasteiger partial charge >= 0.3 is 24.1 Å². The van der Waals surface area contributed by atoms with Gasteiger partial charge in [0.25, 0.3) is 0 Å². The number of carboxylic acids is 2. The Morgan fingerprint density at radius 3 is 2.12 bits per heavy atom. The highest BCUT2D eigenvalue weighted by Gasteiger charge is 2.30. The lowest BCUT2D eigenvalue weighted by Crippen LogP contribution is -2.43. The van der Waals surface area contributed by atoms with E-state index < -0.39 is 35.8 Å². The van der Waals surface area contributed by atoms with Crippen LogP contribution in [0, 0.1) is 0 Å². The monoisotopic (exact) mass is 376 g/mol. The molecule has 0 saturated heterocycles. The Balaban J connectivity index is 2.49. The molecule has 0 aliphatic heterocycles. The molecule has 0 spiro atoms. The van der Waals surface area contributed by atoms with Gasteiger partial charge < -0.3 is 20.8 Å². The first-order valence-electron chi connectivity index (χ1n) is 7.79. The van der Waals surface area contributed by atoms with Gasteiger partial charge in [-0.2, -0.15) is 13.2 Å². The van der Waals surface area contributed by atoms with Crippen LogP contribution in [0.2, 0.25) is 0 Å². The molecule has 0 fully saturated rings.